The normalized spacial score (nSPS) is 11.1. The molecule has 0 aliphatic rings. The van der Waals surface area contributed by atoms with Crippen LogP contribution in [0.4, 0.5) is 5.69 Å². The number of halogens is 1. The van der Waals surface area contributed by atoms with Gasteiger partial charge in [-0.2, -0.15) is 8.42 Å². The summed E-state index contributed by atoms with van der Waals surface area (Å²) < 4.78 is 24.9. The van der Waals surface area contributed by atoms with Gasteiger partial charge in [0.15, 0.2) is 5.15 Å². The maximum absolute atomic E-state index is 12.3. The van der Waals surface area contributed by atoms with Crippen LogP contribution in [0.1, 0.15) is 6.92 Å². The first kappa shape index (κ1) is 15.2. The van der Waals surface area contributed by atoms with Crippen LogP contribution >= 0.6 is 11.6 Å². The second kappa shape index (κ2) is 5.66. The molecule has 0 saturated heterocycles. The molecule has 0 unspecified atom stereocenters. The number of carbonyl (C=O) groups is 1. The highest BCUT2D eigenvalue weighted by atomic mass is 35.5. The molecule has 1 aromatic carbocycles. The number of anilines is 1. The first-order valence-electron chi connectivity index (χ1n) is 5.70. The smallest absolute Gasteiger partial charge is 0.286 e. The highest BCUT2D eigenvalue weighted by molar-refractivity contribution is 7.89. The monoisotopic (exact) mass is 327 g/mol. The minimum absolute atomic E-state index is 0.118. The summed E-state index contributed by atoms with van der Waals surface area (Å²) in [7, 11) is -4.14. The number of benzene rings is 1. The lowest BCUT2D eigenvalue weighted by atomic mass is 10.3. The van der Waals surface area contributed by atoms with Crippen LogP contribution in [0, 0.1) is 0 Å². The first-order chi connectivity index (χ1) is 9.80. The van der Waals surface area contributed by atoms with Crippen molar-refractivity contribution in [3.05, 3.63) is 51.9 Å². The fourth-order valence-corrected chi connectivity index (χ4v) is 2.92. The van der Waals surface area contributed by atoms with E-state index >= 15 is 0 Å². The Balaban J connectivity index is 2.47. The summed E-state index contributed by atoms with van der Waals surface area (Å²) in [4.78, 5) is 22.4. The molecule has 0 aliphatic carbocycles. The lowest BCUT2D eigenvalue weighted by Gasteiger charge is -2.07. The summed E-state index contributed by atoms with van der Waals surface area (Å²) >= 11 is 5.61. The second-order valence-electron chi connectivity index (χ2n) is 4.05. The van der Waals surface area contributed by atoms with E-state index in [-0.39, 0.29) is 16.0 Å². The molecule has 1 N–H and O–H groups in total. The summed E-state index contributed by atoms with van der Waals surface area (Å²) in [5, 5.41) is 5.89. The van der Waals surface area contributed by atoms with Gasteiger partial charge in [-0.1, -0.05) is 11.6 Å². The molecule has 0 bridgehead atoms. The molecule has 1 amide bonds. The van der Waals surface area contributed by atoms with E-state index < -0.39 is 15.6 Å². The summed E-state index contributed by atoms with van der Waals surface area (Å²) in [6, 6.07) is 7.55. The van der Waals surface area contributed by atoms with Gasteiger partial charge >= 0.3 is 0 Å². The highest BCUT2D eigenvalue weighted by Gasteiger charge is 2.20. The van der Waals surface area contributed by atoms with Gasteiger partial charge in [0.2, 0.25) is 5.91 Å². The number of hydrogen-bond acceptors (Lipinski definition) is 5. The summed E-state index contributed by atoms with van der Waals surface area (Å²) in [6.07, 6.45) is 0. The maximum Gasteiger partial charge on any atom is 0.286 e. The van der Waals surface area contributed by atoms with Gasteiger partial charge in [0.05, 0.1) is 4.90 Å². The van der Waals surface area contributed by atoms with Gasteiger partial charge in [-0.15, -0.1) is 9.19 Å². The van der Waals surface area contributed by atoms with E-state index in [9.17, 15) is 18.0 Å². The zero-order chi connectivity index (χ0) is 15.6. The number of amides is 1. The Hall–Kier alpha value is -2.19. The Morgan fingerprint density at radius 3 is 2.38 bits per heavy atom. The molecule has 2 aromatic rings. The van der Waals surface area contributed by atoms with Crippen molar-refractivity contribution >= 4 is 33.2 Å². The predicted octanol–water partition coefficient (Wildman–Crippen LogP) is 1.09. The third-order valence-electron chi connectivity index (χ3n) is 2.44. The minimum Gasteiger partial charge on any atom is -0.326 e. The zero-order valence-electron chi connectivity index (χ0n) is 10.8. The van der Waals surface area contributed by atoms with Crippen LogP contribution in [0.5, 0.6) is 0 Å². The summed E-state index contributed by atoms with van der Waals surface area (Å²) in [5.74, 6) is -0.279. The Bertz CT molecular complexity index is 844. The van der Waals surface area contributed by atoms with E-state index in [1.165, 1.54) is 37.3 Å². The van der Waals surface area contributed by atoms with Gasteiger partial charge in [0, 0.05) is 18.7 Å². The first-order valence-corrected chi connectivity index (χ1v) is 7.51. The number of aromatic nitrogens is 2. The molecular formula is C12H10ClN3O4S. The quantitative estimate of drug-likeness (QED) is 0.910. The van der Waals surface area contributed by atoms with E-state index in [1.807, 2.05) is 0 Å². The van der Waals surface area contributed by atoms with Gasteiger partial charge in [-0.3, -0.25) is 9.59 Å². The second-order valence-corrected chi connectivity index (χ2v) is 6.20. The minimum atomic E-state index is -4.14. The van der Waals surface area contributed by atoms with E-state index in [1.54, 1.807) is 0 Å². The van der Waals surface area contributed by atoms with Gasteiger partial charge in [-0.05, 0) is 30.3 Å². The van der Waals surface area contributed by atoms with Gasteiger partial charge in [-0.25, -0.2) is 0 Å². The number of carbonyl (C=O) groups excluding carboxylic acids is 1. The third kappa shape index (κ3) is 3.29. The SMILES string of the molecule is CC(=O)Nc1ccc(S(=O)(=O)n2nc(Cl)ccc2=O)cc1. The predicted molar refractivity (Wildman–Crippen MR) is 76.8 cm³/mol. The molecule has 21 heavy (non-hydrogen) atoms. The van der Waals surface area contributed by atoms with E-state index in [4.69, 9.17) is 11.6 Å². The average molecular weight is 328 g/mol. The lowest BCUT2D eigenvalue weighted by Crippen LogP contribution is -2.29. The molecular weight excluding hydrogens is 318 g/mol. The molecule has 0 fully saturated rings. The zero-order valence-corrected chi connectivity index (χ0v) is 12.4. The van der Waals surface area contributed by atoms with Gasteiger partial charge in [0.25, 0.3) is 15.6 Å². The van der Waals surface area contributed by atoms with Crippen LogP contribution in [0.2, 0.25) is 5.15 Å². The van der Waals surface area contributed by atoms with Crippen molar-refractivity contribution in [1.29, 1.82) is 0 Å². The van der Waals surface area contributed by atoms with Crippen molar-refractivity contribution in [2.24, 2.45) is 0 Å². The number of rotatable bonds is 3. The molecule has 0 aliphatic heterocycles. The number of hydrogen-bond donors (Lipinski definition) is 1. The topological polar surface area (TPSA) is 98.1 Å². The lowest BCUT2D eigenvalue weighted by molar-refractivity contribution is -0.114. The molecule has 1 aromatic heterocycles. The Kier molecular flexibility index (Phi) is 4.10. The van der Waals surface area contributed by atoms with E-state index in [2.05, 4.69) is 10.4 Å². The van der Waals surface area contributed by atoms with E-state index in [0.717, 1.165) is 6.07 Å². The standard InChI is InChI=1S/C12H10ClN3O4S/c1-8(17)14-9-2-4-10(5-3-9)21(19,20)16-12(18)7-6-11(13)15-16/h2-7H,1H3,(H,14,17). The molecule has 0 radical (unpaired) electrons. The molecule has 7 nitrogen and oxygen atoms in total. The van der Waals surface area contributed by atoms with Crippen molar-refractivity contribution < 1.29 is 13.2 Å². The van der Waals surface area contributed by atoms with Gasteiger partial charge in [0.1, 0.15) is 0 Å². The Morgan fingerprint density at radius 1 is 1.19 bits per heavy atom. The van der Waals surface area contributed by atoms with Crippen LogP contribution < -0.4 is 10.9 Å². The fraction of sp³-hybridized carbons (Fsp3) is 0.0833. The third-order valence-corrected chi connectivity index (χ3v) is 4.22. The van der Waals surface area contributed by atoms with Crippen LogP contribution in [-0.2, 0) is 14.8 Å². The molecule has 0 atom stereocenters. The van der Waals surface area contributed by atoms with Crippen LogP contribution in [0.3, 0.4) is 0 Å². The number of nitrogens with zero attached hydrogens (tertiary/aromatic N) is 2. The molecule has 0 saturated carbocycles. The van der Waals surface area contributed by atoms with Crippen molar-refractivity contribution in [3.63, 3.8) is 0 Å². The Labute approximate surface area is 125 Å². The number of nitrogens with one attached hydrogen (secondary N) is 1. The summed E-state index contributed by atoms with van der Waals surface area (Å²) in [6.45, 7) is 1.33. The molecule has 9 heteroatoms. The van der Waals surface area contributed by atoms with Crippen molar-refractivity contribution in [1.82, 2.24) is 9.19 Å². The van der Waals surface area contributed by atoms with Crippen molar-refractivity contribution in [2.45, 2.75) is 11.8 Å². The van der Waals surface area contributed by atoms with Crippen LogP contribution in [-0.4, -0.2) is 23.5 Å². The van der Waals surface area contributed by atoms with Crippen molar-refractivity contribution in [2.75, 3.05) is 5.32 Å². The molecule has 110 valence electrons. The highest BCUT2D eigenvalue weighted by Crippen LogP contribution is 2.16. The van der Waals surface area contributed by atoms with E-state index in [0.29, 0.717) is 9.77 Å². The Morgan fingerprint density at radius 2 is 1.81 bits per heavy atom. The largest absolute Gasteiger partial charge is 0.326 e. The van der Waals surface area contributed by atoms with Crippen LogP contribution in [0.15, 0.2) is 46.1 Å². The maximum atomic E-state index is 12.3. The average Bonchev–Trinajstić information content (AvgIpc) is 2.41. The van der Waals surface area contributed by atoms with Gasteiger partial charge < -0.3 is 5.32 Å². The van der Waals surface area contributed by atoms with Crippen molar-refractivity contribution in [3.8, 4) is 0 Å². The summed E-state index contributed by atoms with van der Waals surface area (Å²) in [5.41, 5.74) is -0.377. The van der Waals surface area contributed by atoms with Crippen LogP contribution in [0.25, 0.3) is 0 Å². The fourth-order valence-electron chi connectivity index (χ4n) is 1.56. The molecule has 0 spiro atoms. The molecule has 2 rings (SSSR count). The molecule has 1 heterocycles.